The number of nitrogens with two attached hydrogens (primary N) is 1. The van der Waals surface area contributed by atoms with Crippen LogP contribution in [0.1, 0.15) is 6.42 Å². The molecule has 2 aromatic rings. The van der Waals surface area contributed by atoms with Gasteiger partial charge in [-0.25, -0.2) is 0 Å². The molecule has 1 aromatic carbocycles. The summed E-state index contributed by atoms with van der Waals surface area (Å²) in [5, 5.41) is 0. The highest BCUT2D eigenvalue weighted by molar-refractivity contribution is 5.78. The molecule has 1 aromatic heterocycles. The molecular weight excluding hydrogens is 218 g/mol. The maximum atomic E-state index is 5.72. The lowest BCUT2D eigenvalue weighted by molar-refractivity contribution is 0.152. The van der Waals surface area contributed by atoms with Crippen LogP contribution < -0.4 is 10.6 Å². The third-order valence-electron chi connectivity index (χ3n) is 2.89. The van der Waals surface area contributed by atoms with Crippen LogP contribution in [0.2, 0.25) is 0 Å². The smallest absolute Gasteiger partial charge is 0.298 e. The van der Waals surface area contributed by atoms with Gasteiger partial charge in [0.05, 0.1) is 6.61 Å². The Balaban J connectivity index is 1.93. The van der Waals surface area contributed by atoms with Crippen molar-refractivity contribution < 1.29 is 9.15 Å². The molecule has 1 fully saturated rings. The summed E-state index contributed by atoms with van der Waals surface area (Å²) in [7, 11) is 0. The Morgan fingerprint density at radius 2 is 2.18 bits per heavy atom. The van der Waals surface area contributed by atoms with Gasteiger partial charge in [-0.1, -0.05) is 0 Å². The molecule has 3 rings (SSSR count). The zero-order valence-corrected chi connectivity index (χ0v) is 9.56. The van der Waals surface area contributed by atoms with Gasteiger partial charge in [0.1, 0.15) is 5.52 Å². The van der Waals surface area contributed by atoms with Gasteiger partial charge in [0.2, 0.25) is 0 Å². The van der Waals surface area contributed by atoms with E-state index in [4.69, 9.17) is 14.9 Å². The summed E-state index contributed by atoms with van der Waals surface area (Å²) >= 11 is 0. The number of hydrogen-bond acceptors (Lipinski definition) is 5. The van der Waals surface area contributed by atoms with E-state index in [2.05, 4.69) is 9.88 Å². The van der Waals surface area contributed by atoms with Crippen LogP contribution in [0.15, 0.2) is 22.6 Å². The van der Waals surface area contributed by atoms with E-state index in [1.165, 1.54) is 0 Å². The van der Waals surface area contributed by atoms with Crippen LogP contribution >= 0.6 is 0 Å². The summed E-state index contributed by atoms with van der Waals surface area (Å²) < 4.78 is 11.1. The van der Waals surface area contributed by atoms with E-state index in [1.54, 1.807) is 0 Å². The SMILES string of the molecule is Nc1ccc2oc(N3CCCOCC3)nc2c1. The zero-order valence-electron chi connectivity index (χ0n) is 9.56. The predicted octanol–water partition coefficient (Wildman–Crippen LogP) is 1.64. The van der Waals surface area contributed by atoms with E-state index in [0.29, 0.717) is 11.7 Å². The summed E-state index contributed by atoms with van der Waals surface area (Å²) in [6.07, 6.45) is 1.00. The fourth-order valence-corrected chi connectivity index (χ4v) is 2.00. The maximum absolute atomic E-state index is 5.72. The van der Waals surface area contributed by atoms with Crippen molar-refractivity contribution in [3.05, 3.63) is 18.2 Å². The Labute approximate surface area is 99.2 Å². The summed E-state index contributed by atoms with van der Waals surface area (Å²) in [5.74, 6) is 0. The summed E-state index contributed by atoms with van der Waals surface area (Å²) in [6, 6.07) is 6.17. The lowest BCUT2D eigenvalue weighted by atomic mass is 10.3. The number of nitrogen functional groups attached to an aromatic ring is 1. The molecule has 0 spiro atoms. The van der Waals surface area contributed by atoms with Gasteiger partial charge >= 0.3 is 0 Å². The first kappa shape index (κ1) is 10.4. The lowest BCUT2D eigenvalue weighted by Gasteiger charge is -2.15. The van der Waals surface area contributed by atoms with Gasteiger partial charge in [-0.05, 0) is 24.6 Å². The normalized spacial score (nSPS) is 17.3. The van der Waals surface area contributed by atoms with E-state index >= 15 is 0 Å². The van der Waals surface area contributed by atoms with Crippen LogP contribution in [0.25, 0.3) is 11.1 Å². The van der Waals surface area contributed by atoms with Gasteiger partial charge in [0.25, 0.3) is 6.01 Å². The van der Waals surface area contributed by atoms with Crippen LogP contribution in [-0.2, 0) is 4.74 Å². The highest BCUT2D eigenvalue weighted by atomic mass is 16.5. The van der Waals surface area contributed by atoms with Gasteiger partial charge in [-0.3, -0.25) is 0 Å². The number of rotatable bonds is 1. The van der Waals surface area contributed by atoms with Crippen LogP contribution in [0.5, 0.6) is 0 Å². The van der Waals surface area contributed by atoms with Gasteiger partial charge in [0, 0.05) is 25.4 Å². The van der Waals surface area contributed by atoms with Gasteiger partial charge in [-0.2, -0.15) is 4.98 Å². The molecule has 0 atom stereocenters. The second kappa shape index (κ2) is 4.25. The quantitative estimate of drug-likeness (QED) is 0.758. The average Bonchev–Trinajstić information content (AvgIpc) is 2.57. The molecule has 2 heterocycles. The Kier molecular flexibility index (Phi) is 2.60. The van der Waals surface area contributed by atoms with Crippen molar-refractivity contribution in [1.82, 2.24) is 4.98 Å². The van der Waals surface area contributed by atoms with E-state index in [1.807, 2.05) is 18.2 Å². The molecule has 1 aliphatic heterocycles. The van der Waals surface area contributed by atoms with Gasteiger partial charge < -0.3 is 19.8 Å². The largest absolute Gasteiger partial charge is 0.423 e. The Morgan fingerprint density at radius 1 is 1.24 bits per heavy atom. The molecule has 0 saturated carbocycles. The van der Waals surface area contributed by atoms with E-state index in [9.17, 15) is 0 Å². The molecular formula is C12H15N3O2. The lowest BCUT2D eigenvalue weighted by Crippen LogP contribution is -2.25. The summed E-state index contributed by atoms with van der Waals surface area (Å²) in [5.41, 5.74) is 8.01. The summed E-state index contributed by atoms with van der Waals surface area (Å²) in [4.78, 5) is 6.58. The number of nitrogens with zero attached hydrogens (tertiary/aromatic N) is 2. The van der Waals surface area contributed by atoms with Gasteiger partial charge in [0.15, 0.2) is 5.58 Å². The number of fused-ring (bicyclic) bond motifs is 1. The third-order valence-corrected chi connectivity index (χ3v) is 2.89. The topological polar surface area (TPSA) is 64.5 Å². The number of hydrogen-bond donors (Lipinski definition) is 1. The van der Waals surface area contributed by atoms with Crippen molar-refractivity contribution in [3.63, 3.8) is 0 Å². The monoisotopic (exact) mass is 233 g/mol. The number of aromatic nitrogens is 1. The molecule has 1 saturated heterocycles. The first-order valence-corrected chi connectivity index (χ1v) is 5.82. The molecule has 5 heteroatoms. The highest BCUT2D eigenvalue weighted by Gasteiger charge is 2.15. The molecule has 2 N–H and O–H groups in total. The van der Waals surface area contributed by atoms with E-state index < -0.39 is 0 Å². The van der Waals surface area contributed by atoms with Crippen molar-refractivity contribution in [1.29, 1.82) is 0 Å². The molecule has 17 heavy (non-hydrogen) atoms. The van der Waals surface area contributed by atoms with Crippen LogP contribution in [-0.4, -0.2) is 31.3 Å². The minimum Gasteiger partial charge on any atom is -0.423 e. The van der Waals surface area contributed by atoms with Crippen LogP contribution in [0.3, 0.4) is 0 Å². The van der Waals surface area contributed by atoms with Crippen LogP contribution in [0.4, 0.5) is 11.7 Å². The number of benzene rings is 1. The molecule has 0 bridgehead atoms. The number of oxazole rings is 1. The number of ether oxygens (including phenoxy) is 1. The highest BCUT2D eigenvalue weighted by Crippen LogP contribution is 2.24. The van der Waals surface area contributed by atoms with Crippen LogP contribution in [0, 0.1) is 0 Å². The minimum absolute atomic E-state index is 0.663. The molecule has 0 unspecified atom stereocenters. The molecule has 0 radical (unpaired) electrons. The molecule has 0 amide bonds. The van der Waals surface area contributed by atoms with Gasteiger partial charge in [-0.15, -0.1) is 0 Å². The van der Waals surface area contributed by atoms with E-state index in [-0.39, 0.29) is 0 Å². The fourth-order valence-electron chi connectivity index (χ4n) is 2.00. The standard InChI is InChI=1S/C12H15N3O2/c13-9-2-3-11-10(8-9)14-12(17-11)15-4-1-6-16-7-5-15/h2-3,8H,1,4-7,13H2. The van der Waals surface area contributed by atoms with Crippen molar-refractivity contribution in [3.8, 4) is 0 Å². The molecule has 0 aliphatic carbocycles. The third kappa shape index (κ3) is 2.06. The second-order valence-electron chi connectivity index (χ2n) is 4.18. The first-order valence-electron chi connectivity index (χ1n) is 5.82. The molecule has 5 nitrogen and oxygen atoms in total. The maximum Gasteiger partial charge on any atom is 0.298 e. The Morgan fingerprint density at radius 3 is 3.12 bits per heavy atom. The minimum atomic E-state index is 0.663. The van der Waals surface area contributed by atoms with Crippen molar-refractivity contribution in [2.24, 2.45) is 0 Å². The van der Waals surface area contributed by atoms with Crippen molar-refractivity contribution in [2.75, 3.05) is 36.9 Å². The second-order valence-corrected chi connectivity index (χ2v) is 4.18. The first-order chi connectivity index (χ1) is 8.33. The van der Waals surface area contributed by atoms with Crippen molar-refractivity contribution in [2.45, 2.75) is 6.42 Å². The fraction of sp³-hybridized carbons (Fsp3) is 0.417. The zero-order chi connectivity index (χ0) is 11.7. The number of anilines is 2. The van der Waals surface area contributed by atoms with E-state index in [0.717, 1.165) is 43.8 Å². The Hall–Kier alpha value is -1.75. The van der Waals surface area contributed by atoms with Crippen molar-refractivity contribution >= 4 is 22.8 Å². The molecule has 90 valence electrons. The Bertz CT molecular complexity index is 515. The summed E-state index contributed by atoms with van der Waals surface area (Å²) in [6.45, 7) is 3.27. The molecule has 1 aliphatic rings. The predicted molar refractivity (Wildman–Crippen MR) is 66.1 cm³/mol. The average molecular weight is 233 g/mol.